The van der Waals surface area contributed by atoms with Gasteiger partial charge in [0.1, 0.15) is 0 Å². The summed E-state index contributed by atoms with van der Waals surface area (Å²) in [5, 5.41) is 3.33. The number of methoxy groups -OCH3 is 3. The first kappa shape index (κ1) is 19.0. The van der Waals surface area contributed by atoms with Crippen LogP contribution in [0.4, 0.5) is 5.69 Å². The maximum atomic E-state index is 12.1. The molecule has 0 radical (unpaired) electrons. The Morgan fingerprint density at radius 1 is 1.04 bits per heavy atom. The Morgan fingerprint density at radius 2 is 1.68 bits per heavy atom. The average Bonchev–Trinajstić information content (AvgIpc) is 2.62. The molecule has 0 heterocycles. The van der Waals surface area contributed by atoms with Gasteiger partial charge in [0.05, 0.1) is 37.1 Å². The highest BCUT2D eigenvalue weighted by molar-refractivity contribution is 6.44. The van der Waals surface area contributed by atoms with Gasteiger partial charge in [0.15, 0.2) is 11.5 Å². The maximum Gasteiger partial charge on any atom is 0.248 e. The minimum absolute atomic E-state index is 0.290. The number of amides is 1. The lowest BCUT2D eigenvalue weighted by Crippen LogP contribution is -2.08. The van der Waals surface area contributed by atoms with Gasteiger partial charge in [0.2, 0.25) is 11.7 Å². The second-order valence-electron chi connectivity index (χ2n) is 4.88. The zero-order chi connectivity index (χ0) is 18.4. The Morgan fingerprint density at radius 3 is 2.24 bits per heavy atom. The molecule has 7 heteroatoms. The van der Waals surface area contributed by atoms with E-state index in [2.05, 4.69) is 5.32 Å². The van der Waals surface area contributed by atoms with Crippen LogP contribution in [0.1, 0.15) is 5.56 Å². The number of ether oxygens (including phenoxy) is 3. The lowest BCUT2D eigenvalue weighted by Gasteiger charge is -2.12. The molecule has 2 aromatic rings. The first-order valence-corrected chi connectivity index (χ1v) is 7.98. The molecule has 0 atom stereocenters. The summed E-state index contributed by atoms with van der Waals surface area (Å²) in [7, 11) is 4.58. The second-order valence-corrected chi connectivity index (χ2v) is 5.67. The van der Waals surface area contributed by atoms with E-state index in [1.54, 1.807) is 36.4 Å². The smallest absolute Gasteiger partial charge is 0.248 e. The van der Waals surface area contributed by atoms with Crippen LogP contribution < -0.4 is 19.5 Å². The fourth-order valence-electron chi connectivity index (χ4n) is 2.14. The zero-order valence-electron chi connectivity index (χ0n) is 13.9. The van der Waals surface area contributed by atoms with Crippen molar-refractivity contribution in [2.75, 3.05) is 26.6 Å². The van der Waals surface area contributed by atoms with Gasteiger partial charge in [-0.15, -0.1) is 0 Å². The summed E-state index contributed by atoms with van der Waals surface area (Å²) in [6.07, 6.45) is 3.00. The van der Waals surface area contributed by atoms with E-state index in [1.807, 2.05) is 0 Å². The molecule has 1 amide bonds. The van der Waals surface area contributed by atoms with Gasteiger partial charge in [0.25, 0.3) is 0 Å². The van der Waals surface area contributed by atoms with Crippen molar-refractivity contribution in [2.45, 2.75) is 0 Å². The van der Waals surface area contributed by atoms with Crippen molar-refractivity contribution < 1.29 is 19.0 Å². The molecule has 1 N–H and O–H groups in total. The van der Waals surface area contributed by atoms with Crippen molar-refractivity contribution >= 4 is 40.9 Å². The lowest BCUT2D eigenvalue weighted by atomic mass is 10.1. The molecule has 2 rings (SSSR count). The highest BCUT2D eigenvalue weighted by Gasteiger charge is 2.12. The molecule has 132 valence electrons. The highest BCUT2D eigenvalue weighted by Crippen LogP contribution is 2.38. The molecule has 0 aliphatic rings. The van der Waals surface area contributed by atoms with E-state index in [0.29, 0.717) is 38.5 Å². The van der Waals surface area contributed by atoms with Crippen molar-refractivity contribution in [3.8, 4) is 17.2 Å². The zero-order valence-corrected chi connectivity index (χ0v) is 15.4. The van der Waals surface area contributed by atoms with Crippen molar-refractivity contribution in [3.05, 3.63) is 52.0 Å². The Labute approximate surface area is 156 Å². The highest BCUT2D eigenvalue weighted by atomic mass is 35.5. The van der Waals surface area contributed by atoms with Crippen LogP contribution in [0.5, 0.6) is 17.2 Å². The predicted molar refractivity (Wildman–Crippen MR) is 100 cm³/mol. The van der Waals surface area contributed by atoms with E-state index >= 15 is 0 Å². The fourth-order valence-corrected chi connectivity index (χ4v) is 2.49. The molecule has 0 unspecified atom stereocenters. The number of halogens is 2. The molecule has 0 aliphatic carbocycles. The van der Waals surface area contributed by atoms with Crippen LogP contribution in [0.25, 0.3) is 6.08 Å². The normalized spacial score (nSPS) is 10.6. The first-order chi connectivity index (χ1) is 12.0. The summed E-state index contributed by atoms with van der Waals surface area (Å²) in [6.45, 7) is 0. The molecule has 0 saturated heterocycles. The Hall–Kier alpha value is -2.37. The molecular weight excluding hydrogens is 365 g/mol. The first-order valence-electron chi connectivity index (χ1n) is 7.23. The molecule has 0 aromatic heterocycles. The fraction of sp³-hybridized carbons (Fsp3) is 0.167. The Bertz CT molecular complexity index is 781. The minimum Gasteiger partial charge on any atom is -0.493 e. The minimum atomic E-state index is -0.349. The average molecular weight is 382 g/mol. The predicted octanol–water partition coefficient (Wildman–Crippen LogP) is 4.67. The van der Waals surface area contributed by atoms with Gasteiger partial charge < -0.3 is 19.5 Å². The topological polar surface area (TPSA) is 56.8 Å². The standard InChI is InChI=1S/C18H17Cl2NO4/c1-23-14-9-11(10-15(24-2)18(14)25-3)7-8-16(22)21-13-6-4-5-12(19)17(13)20/h4-10H,1-3H3,(H,21,22)/b8-7+. The summed E-state index contributed by atoms with van der Waals surface area (Å²) in [5.74, 6) is 1.13. The van der Waals surface area contributed by atoms with Crippen LogP contribution in [0.3, 0.4) is 0 Å². The van der Waals surface area contributed by atoms with E-state index in [1.165, 1.54) is 27.4 Å². The quantitative estimate of drug-likeness (QED) is 0.738. The summed E-state index contributed by atoms with van der Waals surface area (Å²) in [6, 6.07) is 8.48. The van der Waals surface area contributed by atoms with Crippen molar-refractivity contribution in [1.29, 1.82) is 0 Å². The van der Waals surface area contributed by atoms with Gasteiger partial charge in [-0.1, -0.05) is 29.3 Å². The molecule has 2 aromatic carbocycles. The number of rotatable bonds is 6. The van der Waals surface area contributed by atoms with Crippen LogP contribution in [0.2, 0.25) is 10.0 Å². The third-order valence-corrected chi connectivity index (χ3v) is 4.14. The monoisotopic (exact) mass is 381 g/mol. The molecule has 0 bridgehead atoms. The number of anilines is 1. The van der Waals surface area contributed by atoms with Crippen LogP contribution in [0.15, 0.2) is 36.4 Å². The number of carbonyl (C=O) groups excluding carboxylic acids is 1. The summed E-state index contributed by atoms with van der Waals surface area (Å²) in [5.41, 5.74) is 1.15. The van der Waals surface area contributed by atoms with Crippen molar-refractivity contribution in [2.24, 2.45) is 0 Å². The lowest BCUT2D eigenvalue weighted by molar-refractivity contribution is -0.111. The van der Waals surface area contributed by atoms with Crippen LogP contribution in [-0.4, -0.2) is 27.2 Å². The number of carbonyl (C=O) groups is 1. The van der Waals surface area contributed by atoms with E-state index in [9.17, 15) is 4.79 Å². The number of benzene rings is 2. The summed E-state index contributed by atoms with van der Waals surface area (Å²) < 4.78 is 15.8. The summed E-state index contributed by atoms with van der Waals surface area (Å²) in [4.78, 5) is 12.1. The van der Waals surface area contributed by atoms with Crippen molar-refractivity contribution in [3.63, 3.8) is 0 Å². The Kier molecular flexibility index (Phi) is 6.56. The van der Waals surface area contributed by atoms with Crippen molar-refractivity contribution in [1.82, 2.24) is 0 Å². The van der Waals surface area contributed by atoms with E-state index in [0.717, 1.165) is 0 Å². The van der Waals surface area contributed by atoms with Crippen LogP contribution in [0, 0.1) is 0 Å². The van der Waals surface area contributed by atoms with Gasteiger partial charge in [0, 0.05) is 6.08 Å². The molecule has 0 fully saturated rings. The number of hydrogen-bond donors (Lipinski definition) is 1. The molecule has 0 aliphatic heterocycles. The van der Waals surface area contributed by atoms with Crippen LogP contribution >= 0.6 is 23.2 Å². The summed E-state index contributed by atoms with van der Waals surface area (Å²) >= 11 is 12.0. The largest absolute Gasteiger partial charge is 0.493 e. The molecule has 25 heavy (non-hydrogen) atoms. The van der Waals surface area contributed by atoms with E-state index in [-0.39, 0.29) is 5.91 Å². The van der Waals surface area contributed by atoms with Gasteiger partial charge in [-0.2, -0.15) is 0 Å². The van der Waals surface area contributed by atoms with E-state index < -0.39 is 0 Å². The third kappa shape index (κ3) is 4.59. The number of hydrogen-bond acceptors (Lipinski definition) is 4. The second kappa shape index (κ2) is 8.65. The van der Waals surface area contributed by atoms with Gasteiger partial charge in [-0.3, -0.25) is 4.79 Å². The molecular formula is C18H17Cl2NO4. The van der Waals surface area contributed by atoms with Gasteiger partial charge in [-0.05, 0) is 35.9 Å². The molecule has 5 nitrogen and oxygen atoms in total. The number of nitrogens with one attached hydrogen (secondary N) is 1. The molecule has 0 saturated carbocycles. The van der Waals surface area contributed by atoms with Gasteiger partial charge >= 0.3 is 0 Å². The van der Waals surface area contributed by atoms with E-state index in [4.69, 9.17) is 37.4 Å². The van der Waals surface area contributed by atoms with Gasteiger partial charge in [-0.25, -0.2) is 0 Å². The third-order valence-electron chi connectivity index (χ3n) is 3.32. The SMILES string of the molecule is COc1cc(/C=C/C(=O)Nc2cccc(Cl)c2Cl)cc(OC)c1OC. The Balaban J connectivity index is 2.21. The maximum absolute atomic E-state index is 12.1. The van der Waals surface area contributed by atoms with Crippen LogP contribution in [-0.2, 0) is 4.79 Å². The molecule has 0 spiro atoms.